The van der Waals surface area contributed by atoms with Crippen LogP contribution in [0.1, 0.15) is 12.1 Å². The molecule has 0 unspecified atom stereocenters. The Labute approximate surface area is 113 Å². The molecule has 0 bridgehead atoms. The van der Waals surface area contributed by atoms with E-state index in [0.29, 0.717) is 17.8 Å². The van der Waals surface area contributed by atoms with Crippen molar-refractivity contribution in [3.63, 3.8) is 0 Å². The second kappa shape index (κ2) is 4.54. The first-order chi connectivity index (χ1) is 9.17. The zero-order valence-corrected chi connectivity index (χ0v) is 11.0. The van der Waals surface area contributed by atoms with Crippen molar-refractivity contribution < 1.29 is 4.79 Å². The summed E-state index contributed by atoms with van der Waals surface area (Å²) in [6.07, 6.45) is 2.30. The van der Waals surface area contributed by atoms with Gasteiger partial charge in [-0.3, -0.25) is 9.89 Å². The van der Waals surface area contributed by atoms with Crippen molar-refractivity contribution in [2.24, 2.45) is 0 Å². The lowest BCUT2D eigenvalue weighted by Crippen LogP contribution is -2.18. The third-order valence-electron chi connectivity index (χ3n) is 2.83. The highest BCUT2D eigenvalue weighted by Crippen LogP contribution is 2.33. The van der Waals surface area contributed by atoms with Gasteiger partial charge in [-0.15, -0.1) is 11.8 Å². The monoisotopic (exact) mass is 276 g/mol. The minimum Gasteiger partial charge on any atom is -0.368 e. The van der Waals surface area contributed by atoms with Crippen LogP contribution in [0, 0.1) is 0 Å². The summed E-state index contributed by atoms with van der Waals surface area (Å²) in [5, 5.41) is 11.3. The number of carbonyl (C=O) groups excluding carboxylic acids is 1. The second-order valence-electron chi connectivity index (χ2n) is 4.16. The summed E-state index contributed by atoms with van der Waals surface area (Å²) in [6, 6.07) is 0. The Balaban J connectivity index is 2.06. The normalized spacial score (nSPS) is 14.1. The summed E-state index contributed by atoms with van der Waals surface area (Å²) < 4.78 is 0. The van der Waals surface area contributed by atoms with E-state index in [2.05, 4.69) is 25.5 Å². The molecule has 0 saturated carbocycles. The molecule has 1 amide bonds. The summed E-state index contributed by atoms with van der Waals surface area (Å²) in [5.41, 5.74) is 8.04. The van der Waals surface area contributed by atoms with Gasteiger partial charge in [-0.2, -0.15) is 10.1 Å². The maximum absolute atomic E-state index is 11.5. The van der Waals surface area contributed by atoms with E-state index in [0.717, 1.165) is 21.7 Å². The zero-order valence-electron chi connectivity index (χ0n) is 10.2. The minimum atomic E-state index is -0.0147. The summed E-state index contributed by atoms with van der Waals surface area (Å²) in [6.45, 7) is 0. The molecule has 2 aromatic rings. The van der Waals surface area contributed by atoms with Gasteiger partial charge in [-0.1, -0.05) is 0 Å². The van der Waals surface area contributed by atoms with Crippen LogP contribution in [-0.4, -0.2) is 38.9 Å². The number of hydrogen-bond acceptors (Lipinski definition) is 6. The molecule has 3 rings (SSSR count). The van der Waals surface area contributed by atoms with Gasteiger partial charge in [0.2, 0.25) is 11.9 Å². The Morgan fingerprint density at radius 2 is 2.42 bits per heavy atom. The van der Waals surface area contributed by atoms with E-state index >= 15 is 0 Å². The van der Waals surface area contributed by atoms with E-state index < -0.39 is 0 Å². The van der Waals surface area contributed by atoms with Crippen LogP contribution in [0.25, 0.3) is 17.1 Å². The van der Waals surface area contributed by atoms with Gasteiger partial charge < -0.3 is 11.1 Å². The lowest BCUT2D eigenvalue weighted by atomic mass is 10.1. The Morgan fingerprint density at radius 3 is 3.21 bits per heavy atom. The first kappa shape index (κ1) is 12.0. The van der Waals surface area contributed by atoms with E-state index in [9.17, 15) is 4.79 Å². The van der Waals surface area contributed by atoms with E-state index in [1.807, 2.05) is 6.08 Å². The summed E-state index contributed by atoms with van der Waals surface area (Å²) in [5.74, 6) is 0.892. The number of carbonyl (C=O) groups is 1. The van der Waals surface area contributed by atoms with Gasteiger partial charge >= 0.3 is 0 Å². The number of aromatic amines is 1. The predicted octanol–water partition coefficient (Wildman–Crippen LogP) is 0.560. The number of nitrogens with one attached hydrogen (secondary N) is 2. The third kappa shape index (κ3) is 2.14. The molecule has 0 aromatic carbocycles. The van der Waals surface area contributed by atoms with Crippen molar-refractivity contribution in [2.75, 3.05) is 18.5 Å². The van der Waals surface area contributed by atoms with Gasteiger partial charge in [0.05, 0.1) is 11.1 Å². The van der Waals surface area contributed by atoms with Crippen LogP contribution in [0.3, 0.4) is 0 Å². The molecule has 98 valence electrons. The van der Waals surface area contributed by atoms with Gasteiger partial charge in [0.25, 0.3) is 0 Å². The van der Waals surface area contributed by atoms with Crippen LogP contribution >= 0.6 is 11.8 Å². The standard InChI is InChI=1S/C11H12N6OS/c1-13-7(18)3-5-2-6-8-9(17-16-6)14-11(12)15-10(8)19-4-5/h2H,3-4H2,1H3,(H,13,18)(H3,12,14,15,16,17). The Hall–Kier alpha value is -2.09. The van der Waals surface area contributed by atoms with Crippen molar-refractivity contribution in [3.8, 4) is 0 Å². The average Bonchev–Trinajstić information content (AvgIpc) is 2.69. The maximum atomic E-state index is 11.5. The number of rotatable bonds is 2. The first-order valence-corrected chi connectivity index (χ1v) is 6.70. The van der Waals surface area contributed by atoms with Gasteiger partial charge in [0.15, 0.2) is 5.65 Å². The molecule has 2 aromatic heterocycles. The highest BCUT2D eigenvalue weighted by molar-refractivity contribution is 7.99. The molecule has 7 nitrogen and oxygen atoms in total. The Morgan fingerprint density at radius 1 is 1.58 bits per heavy atom. The van der Waals surface area contributed by atoms with Crippen LogP contribution in [0.15, 0.2) is 10.6 Å². The van der Waals surface area contributed by atoms with Crippen LogP contribution < -0.4 is 11.1 Å². The number of thioether (sulfide) groups is 1. The van der Waals surface area contributed by atoms with E-state index in [-0.39, 0.29) is 11.9 Å². The first-order valence-electron chi connectivity index (χ1n) is 5.72. The molecule has 8 heteroatoms. The van der Waals surface area contributed by atoms with E-state index in [4.69, 9.17) is 5.73 Å². The maximum Gasteiger partial charge on any atom is 0.223 e. The molecule has 1 aliphatic heterocycles. The van der Waals surface area contributed by atoms with Crippen molar-refractivity contribution in [1.82, 2.24) is 25.5 Å². The largest absolute Gasteiger partial charge is 0.368 e. The second-order valence-corrected chi connectivity index (χ2v) is 5.13. The fourth-order valence-electron chi connectivity index (χ4n) is 1.94. The number of aromatic nitrogens is 4. The molecule has 0 radical (unpaired) electrons. The van der Waals surface area contributed by atoms with Crippen LogP contribution in [-0.2, 0) is 4.79 Å². The third-order valence-corrected chi connectivity index (χ3v) is 3.92. The van der Waals surface area contributed by atoms with Crippen molar-refractivity contribution in [2.45, 2.75) is 11.4 Å². The SMILES string of the molecule is CNC(=O)CC1=Cc2[nH]nc3nc(N)nc(c23)SC1. The number of nitrogens with zero attached hydrogens (tertiary/aromatic N) is 3. The van der Waals surface area contributed by atoms with Crippen LogP contribution in [0.4, 0.5) is 5.95 Å². The lowest BCUT2D eigenvalue weighted by molar-refractivity contribution is -0.119. The number of anilines is 1. The Bertz CT molecular complexity index is 692. The molecule has 0 spiro atoms. The fourth-order valence-corrected chi connectivity index (χ4v) is 2.95. The topological polar surface area (TPSA) is 110 Å². The number of hydrogen-bond donors (Lipinski definition) is 3. The van der Waals surface area contributed by atoms with E-state index in [1.54, 1.807) is 18.8 Å². The average molecular weight is 276 g/mol. The molecule has 0 aliphatic carbocycles. The molecular formula is C11H12N6OS. The van der Waals surface area contributed by atoms with E-state index in [1.165, 1.54) is 0 Å². The summed E-state index contributed by atoms with van der Waals surface area (Å²) >= 11 is 1.54. The molecule has 0 saturated heterocycles. The van der Waals surface area contributed by atoms with Crippen LogP contribution in [0.2, 0.25) is 0 Å². The summed E-state index contributed by atoms with van der Waals surface area (Å²) in [7, 11) is 1.63. The number of nitrogen functional groups attached to an aromatic ring is 1. The predicted molar refractivity (Wildman–Crippen MR) is 73.5 cm³/mol. The molecular weight excluding hydrogens is 264 g/mol. The molecule has 4 N–H and O–H groups in total. The fraction of sp³-hybridized carbons (Fsp3) is 0.273. The van der Waals surface area contributed by atoms with Gasteiger partial charge in [0.1, 0.15) is 5.03 Å². The van der Waals surface area contributed by atoms with Crippen molar-refractivity contribution in [3.05, 3.63) is 11.3 Å². The van der Waals surface area contributed by atoms with Gasteiger partial charge in [0, 0.05) is 19.2 Å². The lowest BCUT2D eigenvalue weighted by Gasteiger charge is -2.04. The smallest absolute Gasteiger partial charge is 0.223 e. The zero-order chi connectivity index (χ0) is 13.4. The number of amides is 1. The van der Waals surface area contributed by atoms with Crippen molar-refractivity contribution >= 4 is 40.7 Å². The quantitative estimate of drug-likeness (QED) is 0.691. The molecule has 0 atom stereocenters. The highest BCUT2D eigenvalue weighted by atomic mass is 32.2. The molecule has 0 fully saturated rings. The minimum absolute atomic E-state index is 0.0147. The Kier molecular flexibility index (Phi) is 2.86. The molecule has 3 heterocycles. The number of H-pyrrole nitrogens is 1. The highest BCUT2D eigenvalue weighted by Gasteiger charge is 2.18. The summed E-state index contributed by atoms with van der Waals surface area (Å²) in [4.78, 5) is 19.8. The van der Waals surface area contributed by atoms with Crippen LogP contribution in [0.5, 0.6) is 0 Å². The molecule has 19 heavy (non-hydrogen) atoms. The molecule has 1 aliphatic rings. The van der Waals surface area contributed by atoms with Gasteiger partial charge in [-0.05, 0) is 11.6 Å². The number of nitrogens with two attached hydrogens (primary N) is 1. The van der Waals surface area contributed by atoms with Crippen molar-refractivity contribution in [1.29, 1.82) is 0 Å². The van der Waals surface area contributed by atoms with Gasteiger partial charge in [-0.25, -0.2) is 4.98 Å².